The topological polar surface area (TPSA) is 133 Å². The van der Waals surface area contributed by atoms with Crippen LogP contribution < -0.4 is 30.2 Å². The summed E-state index contributed by atoms with van der Waals surface area (Å²) in [4.78, 5) is 32.7. The summed E-state index contributed by atoms with van der Waals surface area (Å²) < 4.78 is 21.8. The molecule has 1 aliphatic heterocycles. The number of hydrogen-bond acceptors (Lipinski definition) is 10. The minimum Gasteiger partial charge on any atom is -0.486 e. The van der Waals surface area contributed by atoms with Crippen LogP contribution in [-0.4, -0.2) is 55.3 Å². The van der Waals surface area contributed by atoms with Gasteiger partial charge in [-0.05, 0) is 31.2 Å². The van der Waals surface area contributed by atoms with Crippen molar-refractivity contribution in [2.45, 2.75) is 6.92 Å². The fourth-order valence-electron chi connectivity index (χ4n) is 3.17. The predicted octanol–water partition coefficient (Wildman–Crippen LogP) is 3.04. The Bertz CT molecular complexity index is 1220. The van der Waals surface area contributed by atoms with Crippen molar-refractivity contribution in [3.05, 3.63) is 54.2 Å². The van der Waals surface area contributed by atoms with Crippen molar-refractivity contribution in [1.29, 1.82) is 0 Å². The van der Waals surface area contributed by atoms with Crippen LogP contribution in [0.1, 0.15) is 17.3 Å². The second-order valence-electron chi connectivity index (χ2n) is 7.27. The fraction of sp³-hybridized carbons (Fsp3) is 0.250. The van der Waals surface area contributed by atoms with Gasteiger partial charge in [0.25, 0.3) is 5.91 Å². The van der Waals surface area contributed by atoms with Crippen LogP contribution in [-0.2, 0) is 9.53 Å². The van der Waals surface area contributed by atoms with E-state index in [1.165, 1.54) is 13.2 Å². The van der Waals surface area contributed by atoms with Crippen LogP contribution in [0.2, 0.25) is 0 Å². The SMILES string of the molecule is CCOC(=O)c1cnc(Nc2cccc(OCC(=O)NC)c2)nc1Nc1ccc2c(c1)OCCO2. The van der Waals surface area contributed by atoms with E-state index in [4.69, 9.17) is 18.9 Å². The predicted molar refractivity (Wildman–Crippen MR) is 128 cm³/mol. The molecule has 0 aliphatic carbocycles. The maximum Gasteiger partial charge on any atom is 0.343 e. The summed E-state index contributed by atoms with van der Waals surface area (Å²) in [5, 5.41) is 8.72. The van der Waals surface area contributed by atoms with Crippen LogP contribution >= 0.6 is 0 Å². The van der Waals surface area contributed by atoms with Crippen molar-refractivity contribution in [3.63, 3.8) is 0 Å². The van der Waals surface area contributed by atoms with Gasteiger partial charge >= 0.3 is 5.97 Å². The van der Waals surface area contributed by atoms with E-state index >= 15 is 0 Å². The third-order valence-electron chi connectivity index (χ3n) is 4.83. The zero-order valence-electron chi connectivity index (χ0n) is 19.3. The zero-order valence-corrected chi connectivity index (χ0v) is 19.3. The van der Waals surface area contributed by atoms with E-state index in [9.17, 15) is 9.59 Å². The number of carbonyl (C=O) groups excluding carboxylic acids is 2. The quantitative estimate of drug-likeness (QED) is 0.393. The maximum absolute atomic E-state index is 12.5. The van der Waals surface area contributed by atoms with Gasteiger partial charge in [-0.3, -0.25) is 4.79 Å². The van der Waals surface area contributed by atoms with Crippen LogP contribution in [0, 0.1) is 0 Å². The highest BCUT2D eigenvalue weighted by Crippen LogP contribution is 2.34. The molecule has 0 atom stereocenters. The van der Waals surface area contributed by atoms with Crippen molar-refractivity contribution in [1.82, 2.24) is 15.3 Å². The van der Waals surface area contributed by atoms with E-state index in [2.05, 4.69) is 25.9 Å². The Morgan fingerprint density at radius 1 is 1.03 bits per heavy atom. The lowest BCUT2D eigenvalue weighted by Crippen LogP contribution is -2.24. The van der Waals surface area contributed by atoms with E-state index in [1.807, 2.05) is 0 Å². The van der Waals surface area contributed by atoms with Gasteiger partial charge in [-0.2, -0.15) is 4.98 Å². The summed E-state index contributed by atoms with van der Waals surface area (Å²) in [6.07, 6.45) is 1.39. The smallest absolute Gasteiger partial charge is 0.343 e. The van der Waals surface area contributed by atoms with E-state index in [0.29, 0.717) is 41.8 Å². The van der Waals surface area contributed by atoms with Crippen LogP contribution in [0.4, 0.5) is 23.1 Å². The number of anilines is 4. The molecule has 182 valence electrons. The number of benzene rings is 2. The van der Waals surface area contributed by atoms with Crippen LogP contribution in [0.5, 0.6) is 17.2 Å². The molecule has 1 aromatic heterocycles. The molecule has 1 aliphatic rings. The number of rotatable bonds is 9. The first-order chi connectivity index (χ1) is 17.1. The molecule has 11 nitrogen and oxygen atoms in total. The Labute approximate surface area is 201 Å². The average Bonchev–Trinajstić information content (AvgIpc) is 2.87. The summed E-state index contributed by atoms with van der Waals surface area (Å²) >= 11 is 0. The number of ether oxygens (including phenoxy) is 4. The van der Waals surface area contributed by atoms with Gasteiger partial charge in [0, 0.05) is 36.8 Å². The number of amides is 1. The Morgan fingerprint density at radius 3 is 2.63 bits per heavy atom. The summed E-state index contributed by atoms with van der Waals surface area (Å²) in [6.45, 7) is 2.78. The fourth-order valence-corrected chi connectivity index (χ4v) is 3.17. The standard InChI is InChI=1S/C24H25N5O6/c1-3-32-23(31)18-13-26-24(28-15-5-4-6-17(11-15)35-14-21(30)25-2)29-22(18)27-16-7-8-19-20(12-16)34-10-9-33-19/h4-8,11-13H,3,9-10,14H2,1-2H3,(H,25,30)(H2,26,27,28,29). The third kappa shape index (κ3) is 6.08. The van der Waals surface area contributed by atoms with Gasteiger partial charge in [0.05, 0.1) is 6.61 Å². The molecular weight excluding hydrogens is 454 g/mol. The first-order valence-electron chi connectivity index (χ1n) is 11.0. The molecule has 0 saturated carbocycles. The molecule has 35 heavy (non-hydrogen) atoms. The molecule has 11 heteroatoms. The van der Waals surface area contributed by atoms with Crippen molar-refractivity contribution in [2.24, 2.45) is 0 Å². The lowest BCUT2D eigenvalue weighted by atomic mass is 10.2. The summed E-state index contributed by atoms with van der Waals surface area (Å²) in [6, 6.07) is 12.3. The van der Waals surface area contributed by atoms with Crippen LogP contribution in [0.25, 0.3) is 0 Å². The Hall–Kier alpha value is -4.54. The normalized spacial score (nSPS) is 11.8. The van der Waals surface area contributed by atoms with E-state index in [-0.39, 0.29) is 36.5 Å². The number of likely N-dealkylation sites (N-methyl/N-ethyl adjacent to an activating group) is 1. The molecular formula is C24H25N5O6. The van der Waals surface area contributed by atoms with Crippen LogP contribution in [0.3, 0.4) is 0 Å². The maximum atomic E-state index is 12.5. The molecule has 2 aromatic carbocycles. The number of aromatic nitrogens is 2. The minimum absolute atomic E-state index is 0.103. The van der Waals surface area contributed by atoms with Gasteiger partial charge in [0.2, 0.25) is 5.95 Å². The van der Waals surface area contributed by atoms with Gasteiger partial charge in [-0.25, -0.2) is 9.78 Å². The number of nitrogens with zero attached hydrogens (tertiary/aromatic N) is 2. The molecule has 4 rings (SSSR count). The molecule has 0 radical (unpaired) electrons. The largest absolute Gasteiger partial charge is 0.486 e. The highest BCUT2D eigenvalue weighted by atomic mass is 16.6. The summed E-state index contributed by atoms with van der Waals surface area (Å²) in [5.41, 5.74) is 1.46. The molecule has 3 aromatic rings. The molecule has 0 bridgehead atoms. The van der Waals surface area contributed by atoms with Crippen LogP contribution in [0.15, 0.2) is 48.7 Å². The van der Waals surface area contributed by atoms with Gasteiger partial charge in [-0.15, -0.1) is 0 Å². The molecule has 2 heterocycles. The lowest BCUT2D eigenvalue weighted by molar-refractivity contribution is -0.122. The number of nitrogens with one attached hydrogen (secondary N) is 3. The third-order valence-corrected chi connectivity index (χ3v) is 4.83. The van der Waals surface area contributed by atoms with Gasteiger partial charge in [-0.1, -0.05) is 6.07 Å². The molecule has 3 N–H and O–H groups in total. The Morgan fingerprint density at radius 2 is 1.83 bits per heavy atom. The molecule has 0 unspecified atom stereocenters. The molecule has 0 spiro atoms. The first kappa shape index (κ1) is 23.6. The highest BCUT2D eigenvalue weighted by molar-refractivity contribution is 5.95. The highest BCUT2D eigenvalue weighted by Gasteiger charge is 2.18. The monoisotopic (exact) mass is 479 g/mol. The van der Waals surface area contributed by atoms with Crippen molar-refractivity contribution in [2.75, 3.05) is 44.1 Å². The minimum atomic E-state index is -0.552. The summed E-state index contributed by atoms with van der Waals surface area (Å²) in [7, 11) is 1.54. The van der Waals surface area contributed by atoms with E-state index in [1.54, 1.807) is 49.4 Å². The van der Waals surface area contributed by atoms with E-state index in [0.717, 1.165) is 0 Å². The van der Waals surface area contributed by atoms with Crippen molar-refractivity contribution in [3.8, 4) is 17.2 Å². The average molecular weight is 479 g/mol. The van der Waals surface area contributed by atoms with Gasteiger partial charge in [0.1, 0.15) is 24.5 Å². The Kier molecular flexibility index (Phi) is 7.46. The van der Waals surface area contributed by atoms with E-state index < -0.39 is 5.97 Å². The first-order valence-corrected chi connectivity index (χ1v) is 11.0. The molecule has 0 fully saturated rings. The van der Waals surface area contributed by atoms with Crippen molar-refractivity contribution >= 4 is 35.0 Å². The zero-order chi connectivity index (χ0) is 24.6. The Balaban J connectivity index is 1.57. The van der Waals surface area contributed by atoms with Crippen molar-refractivity contribution < 1.29 is 28.5 Å². The number of fused-ring (bicyclic) bond motifs is 1. The number of carbonyl (C=O) groups is 2. The molecule has 1 amide bonds. The number of esters is 1. The molecule has 0 saturated heterocycles. The summed E-state index contributed by atoms with van der Waals surface area (Å²) in [5.74, 6) is 1.44. The number of hydrogen-bond donors (Lipinski definition) is 3. The lowest BCUT2D eigenvalue weighted by Gasteiger charge is -2.19. The van der Waals surface area contributed by atoms with Gasteiger partial charge in [0.15, 0.2) is 23.9 Å². The second kappa shape index (κ2) is 11.1. The second-order valence-corrected chi connectivity index (χ2v) is 7.27. The van der Waals surface area contributed by atoms with Gasteiger partial charge < -0.3 is 34.9 Å².